The fourth-order valence-electron chi connectivity index (χ4n) is 1.71. The molecule has 0 aliphatic carbocycles. The lowest BCUT2D eigenvalue weighted by molar-refractivity contribution is -0.118. The van der Waals surface area contributed by atoms with Crippen molar-refractivity contribution in [2.24, 2.45) is 5.73 Å². The molecule has 0 saturated carbocycles. The molecule has 0 aliphatic heterocycles. The van der Waals surface area contributed by atoms with Gasteiger partial charge in [-0.1, -0.05) is 51.8 Å². The number of nitrogens with two attached hydrogens (primary N) is 1. The Morgan fingerprint density at radius 1 is 1.16 bits per heavy atom. The quantitative estimate of drug-likeness (QED) is 0.891. The van der Waals surface area contributed by atoms with Gasteiger partial charge in [-0.15, -0.1) is 0 Å². The maximum atomic E-state index is 11.6. The first-order valence-corrected chi connectivity index (χ1v) is 6.81. The highest BCUT2D eigenvalue weighted by atomic mass is 79.9. The predicted molar refractivity (Wildman–Crippen MR) is 81.2 cm³/mol. The van der Waals surface area contributed by atoms with E-state index >= 15 is 0 Å². The minimum atomic E-state index is -0.618. The number of amides is 1. The summed E-state index contributed by atoms with van der Waals surface area (Å²) in [4.78, 5) is 11.6. The molecule has 0 fully saturated rings. The predicted octanol–water partition coefficient (Wildman–Crippen LogP) is 3.74. The van der Waals surface area contributed by atoms with Crippen molar-refractivity contribution in [2.75, 3.05) is 5.32 Å². The van der Waals surface area contributed by atoms with E-state index in [-0.39, 0.29) is 0 Å². The topological polar surface area (TPSA) is 55.1 Å². The average molecular weight is 340 g/mol. The summed E-state index contributed by atoms with van der Waals surface area (Å²) in [7, 11) is 0. The summed E-state index contributed by atoms with van der Waals surface area (Å²) in [5.74, 6) is -0.456. The van der Waals surface area contributed by atoms with Crippen LogP contribution >= 0.6 is 27.5 Å². The second-order valence-electron chi connectivity index (χ2n) is 4.01. The SMILES string of the molecule is NC(=O)C(Nc1ccccc1Cl)c1ccc(Br)cc1. The molecule has 0 aromatic heterocycles. The van der Waals surface area contributed by atoms with Crippen LogP contribution in [-0.2, 0) is 4.79 Å². The molecule has 0 heterocycles. The summed E-state index contributed by atoms with van der Waals surface area (Å²) in [6.07, 6.45) is 0. The number of carbonyl (C=O) groups excluding carboxylic acids is 1. The maximum Gasteiger partial charge on any atom is 0.244 e. The van der Waals surface area contributed by atoms with Crippen LogP contribution in [0.4, 0.5) is 5.69 Å². The summed E-state index contributed by atoms with van der Waals surface area (Å²) in [5.41, 5.74) is 6.91. The fourth-order valence-corrected chi connectivity index (χ4v) is 2.16. The van der Waals surface area contributed by atoms with Crippen LogP contribution in [0.2, 0.25) is 5.02 Å². The van der Waals surface area contributed by atoms with Gasteiger partial charge in [0, 0.05) is 4.47 Å². The lowest BCUT2D eigenvalue weighted by Gasteiger charge is -2.18. The van der Waals surface area contributed by atoms with Gasteiger partial charge < -0.3 is 11.1 Å². The molecule has 0 bridgehead atoms. The number of halogens is 2. The van der Waals surface area contributed by atoms with Crippen LogP contribution in [0, 0.1) is 0 Å². The van der Waals surface area contributed by atoms with E-state index in [1.807, 2.05) is 36.4 Å². The minimum absolute atomic E-state index is 0.456. The monoisotopic (exact) mass is 338 g/mol. The number of carbonyl (C=O) groups is 1. The van der Waals surface area contributed by atoms with E-state index in [2.05, 4.69) is 21.2 Å². The van der Waals surface area contributed by atoms with Crippen LogP contribution in [0.25, 0.3) is 0 Å². The van der Waals surface area contributed by atoms with Gasteiger partial charge in [0.1, 0.15) is 6.04 Å². The normalized spacial score (nSPS) is 11.9. The zero-order chi connectivity index (χ0) is 13.8. The van der Waals surface area contributed by atoms with Crippen LogP contribution in [-0.4, -0.2) is 5.91 Å². The molecule has 0 saturated heterocycles. The van der Waals surface area contributed by atoms with Crippen molar-refractivity contribution in [1.82, 2.24) is 0 Å². The molecule has 2 aromatic carbocycles. The summed E-state index contributed by atoms with van der Waals surface area (Å²) in [5, 5.41) is 3.61. The van der Waals surface area contributed by atoms with Crippen molar-refractivity contribution in [1.29, 1.82) is 0 Å². The molecule has 0 radical (unpaired) electrons. The van der Waals surface area contributed by atoms with E-state index in [0.29, 0.717) is 10.7 Å². The van der Waals surface area contributed by atoms with Gasteiger partial charge in [-0.2, -0.15) is 0 Å². The third-order valence-electron chi connectivity index (χ3n) is 2.66. The Morgan fingerprint density at radius 3 is 2.37 bits per heavy atom. The Kier molecular flexibility index (Phi) is 4.45. The van der Waals surface area contributed by atoms with E-state index in [4.69, 9.17) is 17.3 Å². The van der Waals surface area contributed by atoms with Crippen LogP contribution in [0.15, 0.2) is 53.0 Å². The molecule has 1 atom stereocenters. The molecule has 3 nitrogen and oxygen atoms in total. The van der Waals surface area contributed by atoms with E-state index in [1.165, 1.54) is 0 Å². The Balaban J connectivity index is 2.29. The lowest BCUT2D eigenvalue weighted by atomic mass is 10.1. The summed E-state index contributed by atoms with van der Waals surface area (Å²) >= 11 is 9.42. The molecule has 5 heteroatoms. The van der Waals surface area contributed by atoms with Gasteiger partial charge in [-0.3, -0.25) is 4.79 Å². The number of hydrogen-bond acceptors (Lipinski definition) is 2. The average Bonchev–Trinajstić information content (AvgIpc) is 2.39. The zero-order valence-corrected chi connectivity index (χ0v) is 12.3. The van der Waals surface area contributed by atoms with Crippen LogP contribution in [0.3, 0.4) is 0 Å². The van der Waals surface area contributed by atoms with Crippen LogP contribution < -0.4 is 11.1 Å². The van der Waals surface area contributed by atoms with Gasteiger partial charge in [0.05, 0.1) is 10.7 Å². The van der Waals surface area contributed by atoms with E-state index in [1.54, 1.807) is 12.1 Å². The number of rotatable bonds is 4. The molecule has 19 heavy (non-hydrogen) atoms. The highest BCUT2D eigenvalue weighted by Gasteiger charge is 2.18. The summed E-state index contributed by atoms with van der Waals surface area (Å²) < 4.78 is 0.942. The Bertz CT molecular complexity index is 586. The van der Waals surface area contributed by atoms with Crippen molar-refractivity contribution >= 4 is 39.1 Å². The number of para-hydroxylation sites is 1. The Labute approximate surface area is 124 Å². The van der Waals surface area contributed by atoms with Gasteiger partial charge in [-0.05, 0) is 29.8 Å². The molecule has 2 rings (SSSR count). The first-order chi connectivity index (χ1) is 9.08. The van der Waals surface area contributed by atoms with E-state index in [9.17, 15) is 4.79 Å². The van der Waals surface area contributed by atoms with Crippen molar-refractivity contribution in [3.05, 3.63) is 63.6 Å². The number of nitrogens with one attached hydrogen (secondary N) is 1. The van der Waals surface area contributed by atoms with E-state index < -0.39 is 11.9 Å². The largest absolute Gasteiger partial charge is 0.369 e. The molecule has 1 unspecified atom stereocenters. The maximum absolute atomic E-state index is 11.6. The van der Waals surface area contributed by atoms with Gasteiger partial charge in [0.2, 0.25) is 5.91 Å². The molecular weight excluding hydrogens is 328 g/mol. The van der Waals surface area contributed by atoms with Gasteiger partial charge in [-0.25, -0.2) is 0 Å². The van der Waals surface area contributed by atoms with Gasteiger partial charge >= 0.3 is 0 Å². The molecule has 0 spiro atoms. The van der Waals surface area contributed by atoms with Gasteiger partial charge in [0.15, 0.2) is 0 Å². The summed E-state index contributed by atoms with van der Waals surface area (Å²) in [6, 6.07) is 14.0. The second kappa shape index (κ2) is 6.08. The summed E-state index contributed by atoms with van der Waals surface area (Å²) in [6.45, 7) is 0. The smallest absolute Gasteiger partial charge is 0.244 e. The molecule has 98 valence electrons. The Hall–Kier alpha value is -1.52. The third kappa shape index (κ3) is 3.49. The lowest BCUT2D eigenvalue weighted by Crippen LogP contribution is -2.27. The van der Waals surface area contributed by atoms with Crippen molar-refractivity contribution in [2.45, 2.75) is 6.04 Å². The Morgan fingerprint density at radius 2 is 1.79 bits per heavy atom. The fraction of sp³-hybridized carbons (Fsp3) is 0.0714. The molecular formula is C14H12BrClN2O. The number of anilines is 1. The number of hydrogen-bond donors (Lipinski definition) is 2. The molecule has 2 aromatic rings. The first-order valence-electron chi connectivity index (χ1n) is 5.64. The number of benzene rings is 2. The second-order valence-corrected chi connectivity index (χ2v) is 5.33. The van der Waals surface area contributed by atoms with Crippen molar-refractivity contribution in [3.8, 4) is 0 Å². The standard InChI is InChI=1S/C14H12BrClN2O/c15-10-7-5-9(6-8-10)13(14(17)19)18-12-4-2-1-3-11(12)16/h1-8,13,18H,(H2,17,19). The minimum Gasteiger partial charge on any atom is -0.369 e. The van der Waals surface area contributed by atoms with Gasteiger partial charge in [0.25, 0.3) is 0 Å². The zero-order valence-electron chi connectivity index (χ0n) is 9.94. The van der Waals surface area contributed by atoms with E-state index in [0.717, 1.165) is 10.0 Å². The number of primary amides is 1. The van der Waals surface area contributed by atoms with Crippen molar-refractivity contribution in [3.63, 3.8) is 0 Å². The van der Waals surface area contributed by atoms with Crippen LogP contribution in [0.1, 0.15) is 11.6 Å². The highest BCUT2D eigenvalue weighted by Crippen LogP contribution is 2.26. The molecule has 3 N–H and O–H groups in total. The molecule has 0 aliphatic rings. The van der Waals surface area contributed by atoms with Crippen molar-refractivity contribution < 1.29 is 4.79 Å². The molecule has 1 amide bonds. The first kappa shape index (κ1) is 13.9. The third-order valence-corrected chi connectivity index (χ3v) is 3.52. The highest BCUT2D eigenvalue weighted by molar-refractivity contribution is 9.10. The van der Waals surface area contributed by atoms with Crippen LogP contribution in [0.5, 0.6) is 0 Å².